The van der Waals surface area contributed by atoms with E-state index in [9.17, 15) is 0 Å². The summed E-state index contributed by atoms with van der Waals surface area (Å²) in [5, 5.41) is 0. The van der Waals surface area contributed by atoms with Crippen molar-refractivity contribution >= 4 is 0 Å². The lowest BCUT2D eigenvalue weighted by Crippen LogP contribution is -2.06. The quantitative estimate of drug-likeness (QED) is 0.741. The Balaban J connectivity index is 2.41. The molecule has 0 unspecified atom stereocenters. The first kappa shape index (κ1) is 10.9. The molecule has 1 heterocycles. The van der Waals surface area contributed by atoms with Crippen LogP contribution < -0.4 is 4.98 Å². The van der Waals surface area contributed by atoms with Crippen molar-refractivity contribution in [1.82, 2.24) is 0 Å². The predicted molar refractivity (Wildman–Crippen MR) is 67.2 cm³/mol. The molecule has 0 amide bonds. The van der Waals surface area contributed by atoms with Gasteiger partial charge in [-0.3, -0.25) is 0 Å². The van der Waals surface area contributed by atoms with Crippen LogP contribution >= 0.6 is 0 Å². The van der Waals surface area contributed by atoms with E-state index in [1.807, 2.05) is 6.20 Å². The lowest BCUT2D eigenvalue weighted by atomic mass is 10.0. The van der Waals surface area contributed by atoms with Crippen LogP contribution in [-0.2, 0) is 12.8 Å². The molecule has 1 aromatic heterocycles. The first-order valence-corrected chi connectivity index (χ1v) is 5.93. The fraction of sp³-hybridized carbons (Fsp3) is 0.267. The van der Waals surface area contributed by atoms with Gasteiger partial charge in [-0.25, -0.2) is 4.98 Å². The molecule has 0 saturated carbocycles. The van der Waals surface area contributed by atoms with Gasteiger partial charge in [-0.05, 0) is 36.1 Å². The number of aryl methyl sites for hydroxylation is 2. The molecule has 1 aromatic carbocycles. The SMILES string of the molecule is CCc1cccc(-c2cc(CC)cc[nH+]2)c1. The molecule has 1 nitrogen and oxygen atoms in total. The topological polar surface area (TPSA) is 14.1 Å². The molecule has 0 spiro atoms. The smallest absolute Gasteiger partial charge is 0.211 e. The zero-order valence-electron chi connectivity index (χ0n) is 9.96. The zero-order valence-corrected chi connectivity index (χ0v) is 9.96. The molecule has 82 valence electrons. The number of aromatic nitrogens is 1. The lowest BCUT2D eigenvalue weighted by Gasteiger charge is -2.00. The third kappa shape index (κ3) is 2.30. The second-order valence-electron chi connectivity index (χ2n) is 4.02. The van der Waals surface area contributed by atoms with Crippen LogP contribution in [0, 0.1) is 0 Å². The van der Waals surface area contributed by atoms with Gasteiger partial charge < -0.3 is 0 Å². The number of H-pyrrole nitrogens is 1. The third-order valence-corrected chi connectivity index (χ3v) is 2.92. The molecule has 0 bridgehead atoms. The summed E-state index contributed by atoms with van der Waals surface area (Å²) in [6.45, 7) is 4.37. The monoisotopic (exact) mass is 212 g/mol. The Morgan fingerprint density at radius 1 is 0.938 bits per heavy atom. The van der Waals surface area contributed by atoms with Gasteiger partial charge in [0.1, 0.15) is 0 Å². The minimum Gasteiger partial charge on any atom is -0.211 e. The van der Waals surface area contributed by atoms with Crippen LogP contribution in [0.2, 0.25) is 0 Å². The number of aromatic amines is 1. The van der Waals surface area contributed by atoms with Crippen molar-refractivity contribution in [2.24, 2.45) is 0 Å². The Kier molecular flexibility index (Phi) is 3.35. The van der Waals surface area contributed by atoms with Crippen LogP contribution in [-0.4, -0.2) is 0 Å². The summed E-state index contributed by atoms with van der Waals surface area (Å²) < 4.78 is 0. The molecule has 1 N–H and O–H groups in total. The van der Waals surface area contributed by atoms with Crippen molar-refractivity contribution in [2.75, 3.05) is 0 Å². The van der Waals surface area contributed by atoms with Crippen LogP contribution in [0.3, 0.4) is 0 Å². The first-order chi connectivity index (χ1) is 7.83. The summed E-state index contributed by atoms with van der Waals surface area (Å²) in [5.74, 6) is 0. The van der Waals surface area contributed by atoms with E-state index >= 15 is 0 Å². The molecule has 2 rings (SSSR count). The third-order valence-electron chi connectivity index (χ3n) is 2.92. The Bertz CT molecular complexity index is 429. The Morgan fingerprint density at radius 3 is 2.44 bits per heavy atom. The summed E-state index contributed by atoms with van der Waals surface area (Å²) in [5.41, 5.74) is 5.23. The maximum atomic E-state index is 3.31. The van der Waals surface area contributed by atoms with Crippen molar-refractivity contribution in [1.29, 1.82) is 0 Å². The summed E-state index contributed by atoms with van der Waals surface area (Å²) >= 11 is 0. The zero-order chi connectivity index (χ0) is 11.4. The highest BCUT2D eigenvalue weighted by Crippen LogP contribution is 2.17. The first-order valence-electron chi connectivity index (χ1n) is 5.93. The van der Waals surface area contributed by atoms with Gasteiger partial charge in [-0.15, -0.1) is 0 Å². The van der Waals surface area contributed by atoms with Crippen LogP contribution in [0.15, 0.2) is 42.6 Å². The van der Waals surface area contributed by atoms with Crippen LogP contribution in [0.5, 0.6) is 0 Å². The van der Waals surface area contributed by atoms with Gasteiger partial charge in [0.05, 0.1) is 0 Å². The number of benzene rings is 1. The normalized spacial score (nSPS) is 10.4. The van der Waals surface area contributed by atoms with E-state index in [-0.39, 0.29) is 0 Å². The van der Waals surface area contributed by atoms with Gasteiger partial charge in [0.2, 0.25) is 5.69 Å². The average molecular weight is 212 g/mol. The fourth-order valence-corrected chi connectivity index (χ4v) is 1.86. The van der Waals surface area contributed by atoms with Gasteiger partial charge in [0.25, 0.3) is 0 Å². The molecular weight excluding hydrogens is 194 g/mol. The van der Waals surface area contributed by atoms with E-state index in [0.717, 1.165) is 12.8 Å². The van der Waals surface area contributed by atoms with Crippen molar-refractivity contribution in [2.45, 2.75) is 26.7 Å². The minimum atomic E-state index is 1.08. The molecule has 0 radical (unpaired) electrons. The summed E-state index contributed by atoms with van der Waals surface area (Å²) in [6, 6.07) is 13.1. The predicted octanol–water partition coefficient (Wildman–Crippen LogP) is 3.29. The maximum absolute atomic E-state index is 3.31. The molecule has 2 aromatic rings. The van der Waals surface area contributed by atoms with Crippen molar-refractivity contribution in [3.8, 4) is 11.3 Å². The largest absolute Gasteiger partial charge is 0.211 e. The Morgan fingerprint density at radius 2 is 1.69 bits per heavy atom. The van der Waals surface area contributed by atoms with E-state index in [4.69, 9.17) is 0 Å². The number of hydrogen-bond donors (Lipinski definition) is 0. The van der Waals surface area contributed by atoms with E-state index in [1.54, 1.807) is 0 Å². The fourth-order valence-electron chi connectivity index (χ4n) is 1.86. The molecule has 16 heavy (non-hydrogen) atoms. The second kappa shape index (κ2) is 4.93. The van der Waals surface area contributed by atoms with E-state index in [0.29, 0.717) is 0 Å². The standard InChI is InChI=1S/C15H17N/c1-3-12-6-5-7-14(10-12)15-11-13(4-2)8-9-16-15/h5-11H,3-4H2,1-2H3/p+1. The Hall–Kier alpha value is -1.63. The van der Waals surface area contributed by atoms with Gasteiger partial charge in [-0.1, -0.05) is 26.0 Å². The van der Waals surface area contributed by atoms with Crippen molar-refractivity contribution < 1.29 is 4.98 Å². The van der Waals surface area contributed by atoms with Crippen molar-refractivity contribution in [3.05, 3.63) is 53.7 Å². The number of pyridine rings is 1. The van der Waals surface area contributed by atoms with Gasteiger partial charge in [0.15, 0.2) is 6.20 Å². The molecule has 0 aliphatic heterocycles. The molecule has 0 aliphatic carbocycles. The van der Waals surface area contributed by atoms with Gasteiger partial charge in [0, 0.05) is 17.7 Å². The van der Waals surface area contributed by atoms with Crippen molar-refractivity contribution in [3.63, 3.8) is 0 Å². The van der Waals surface area contributed by atoms with E-state index in [2.05, 4.69) is 55.2 Å². The van der Waals surface area contributed by atoms with Crippen LogP contribution in [0.4, 0.5) is 0 Å². The van der Waals surface area contributed by atoms with E-state index in [1.165, 1.54) is 22.4 Å². The summed E-state index contributed by atoms with van der Waals surface area (Å²) in [4.78, 5) is 3.31. The number of rotatable bonds is 3. The highest BCUT2D eigenvalue weighted by Gasteiger charge is 2.05. The maximum Gasteiger partial charge on any atom is 0.211 e. The summed E-state index contributed by atoms with van der Waals surface area (Å²) in [7, 11) is 0. The molecule has 0 atom stereocenters. The second-order valence-corrected chi connectivity index (χ2v) is 4.02. The van der Waals surface area contributed by atoms with Gasteiger partial charge in [-0.2, -0.15) is 0 Å². The summed E-state index contributed by atoms with van der Waals surface area (Å²) in [6.07, 6.45) is 4.18. The van der Waals surface area contributed by atoms with Crippen LogP contribution in [0.25, 0.3) is 11.3 Å². The van der Waals surface area contributed by atoms with Crippen LogP contribution in [0.1, 0.15) is 25.0 Å². The van der Waals surface area contributed by atoms with Gasteiger partial charge >= 0.3 is 0 Å². The molecule has 0 saturated heterocycles. The number of nitrogens with one attached hydrogen (secondary N) is 1. The Labute approximate surface area is 97.2 Å². The molecule has 0 aliphatic rings. The lowest BCUT2D eigenvalue weighted by molar-refractivity contribution is -0.364. The number of hydrogen-bond acceptors (Lipinski definition) is 0. The highest BCUT2D eigenvalue weighted by molar-refractivity contribution is 5.57. The molecule has 1 heteroatoms. The minimum absolute atomic E-state index is 1.08. The van der Waals surface area contributed by atoms with E-state index < -0.39 is 0 Å². The molecular formula is C15H18N+. The highest BCUT2D eigenvalue weighted by atomic mass is 14.7. The average Bonchev–Trinajstić information content (AvgIpc) is 2.39. The molecule has 0 fully saturated rings.